The van der Waals surface area contributed by atoms with Crippen LogP contribution in [-0.2, 0) is 10.0 Å². The van der Waals surface area contributed by atoms with Crippen molar-refractivity contribution < 1.29 is 8.42 Å². The maximum absolute atomic E-state index is 12.2. The molecule has 0 aliphatic heterocycles. The van der Waals surface area contributed by atoms with Crippen LogP contribution in [0.1, 0.15) is 12.5 Å². The minimum absolute atomic E-state index is 0.331. The zero-order chi connectivity index (χ0) is 16.2. The summed E-state index contributed by atoms with van der Waals surface area (Å²) in [7, 11) is -3.42. The molecule has 0 spiro atoms. The first-order chi connectivity index (χ1) is 10.4. The average Bonchev–Trinajstić information content (AvgIpc) is 2.91. The molecule has 0 fully saturated rings. The first-order valence-electron chi connectivity index (χ1n) is 6.99. The van der Waals surface area contributed by atoms with Crippen LogP contribution in [0.5, 0.6) is 0 Å². The van der Waals surface area contributed by atoms with Gasteiger partial charge in [0.2, 0.25) is 10.0 Å². The standard InChI is InChI=1S/C15H19BrN2O2S2/c1-3-18(13-6-4-5-12(2)11-13)10-9-17-22(19,20)15-8-7-14(16)21-15/h4-8,11,17H,3,9-10H2,1-2H3. The van der Waals surface area contributed by atoms with E-state index >= 15 is 0 Å². The molecule has 120 valence electrons. The zero-order valence-corrected chi connectivity index (χ0v) is 15.8. The molecule has 0 amide bonds. The first kappa shape index (κ1) is 17.5. The van der Waals surface area contributed by atoms with E-state index < -0.39 is 10.0 Å². The zero-order valence-electron chi connectivity index (χ0n) is 12.5. The van der Waals surface area contributed by atoms with Crippen LogP contribution in [0.4, 0.5) is 5.69 Å². The van der Waals surface area contributed by atoms with Gasteiger partial charge in [-0.1, -0.05) is 12.1 Å². The maximum atomic E-state index is 12.2. The molecule has 7 heteroatoms. The Balaban J connectivity index is 1.97. The van der Waals surface area contributed by atoms with E-state index in [1.54, 1.807) is 12.1 Å². The normalized spacial score (nSPS) is 11.6. The van der Waals surface area contributed by atoms with Crippen LogP contribution in [0.3, 0.4) is 0 Å². The second-order valence-electron chi connectivity index (χ2n) is 4.87. The van der Waals surface area contributed by atoms with Gasteiger partial charge < -0.3 is 4.90 Å². The van der Waals surface area contributed by atoms with Gasteiger partial charge in [-0.15, -0.1) is 11.3 Å². The van der Waals surface area contributed by atoms with Crippen LogP contribution in [-0.4, -0.2) is 28.1 Å². The molecule has 22 heavy (non-hydrogen) atoms. The third kappa shape index (κ3) is 4.55. The average molecular weight is 403 g/mol. The fourth-order valence-electron chi connectivity index (χ4n) is 2.12. The van der Waals surface area contributed by atoms with Crippen LogP contribution >= 0.6 is 27.3 Å². The van der Waals surface area contributed by atoms with Gasteiger partial charge in [-0.05, 0) is 59.6 Å². The Morgan fingerprint density at radius 2 is 2.05 bits per heavy atom. The van der Waals surface area contributed by atoms with Crippen molar-refractivity contribution >= 4 is 43.0 Å². The highest BCUT2D eigenvalue weighted by molar-refractivity contribution is 9.11. The SMILES string of the molecule is CCN(CCNS(=O)(=O)c1ccc(Br)s1)c1cccc(C)c1. The summed E-state index contributed by atoms with van der Waals surface area (Å²) in [6.45, 7) is 5.95. The number of hydrogen-bond acceptors (Lipinski definition) is 4. The Morgan fingerprint density at radius 3 is 2.64 bits per heavy atom. The number of aryl methyl sites for hydroxylation is 1. The number of likely N-dealkylation sites (N-methyl/N-ethyl adjacent to an activating group) is 1. The van der Waals surface area contributed by atoms with Gasteiger partial charge in [-0.3, -0.25) is 0 Å². The lowest BCUT2D eigenvalue weighted by Gasteiger charge is -2.23. The fourth-order valence-corrected chi connectivity index (χ4v) is 5.20. The summed E-state index contributed by atoms with van der Waals surface area (Å²) in [6.07, 6.45) is 0. The van der Waals surface area contributed by atoms with Crippen LogP contribution in [0.15, 0.2) is 44.4 Å². The van der Waals surface area contributed by atoms with E-state index in [0.717, 1.165) is 16.0 Å². The third-order valence-electron chi connectivity index (χ3n) is 3.24. The second kappa shape index (κ2) is 7.59. The van der Waals surface area contributed by atoms with E-state index in [1.807, 2.05) is 12.1 Å². The van der Waals surface area contributed by atoms with Gasteiger partial charge in [0.05, 0.1) is 3.79 Å². The molecular weight excluding hydrogens is 384 g/mol. The summed E-state index contributed by atoms with van der Waals surface area (Å²) in [5.74, 6) is 0. The highest BCUT2D eigenvalue weighted by Gasteiger charge is 2.16. The van der Waals surface area contributed by atoms with Crippen LogP contribution in [0.25, 0.3) is 0 Å². The lowest BCUT2D eigenvalue weighted by molar-refractivity contribution is 0.583. The van der Waals surface area contributed by atoms with Gasteiger partial charge in [-0.2, -0.15) is 0 Å². The highest BCUT2D eigenvalue weighted by atomic mass is 79.9. The van der Waals surface area contributed by atoms with E-state index in [9.17, 15) is 8.42 Å². The Morgan fingerprint density at radius 1 is 1.27 bits per heavy atom. The summed E-state index contributed by atoms with van der Waals surface area (Å²) in [4.78, 5) is 2.15. The summed E-state index contributed by atoms with van der Waals surface area (Å²) in [5, 5.41) is 0. The molecule has 0 aliphatic carbocycles. The number of benzene rings is 1. The lowest BCUT2D eigenvalue weighted by Crippen LogP contribution is -2.34. The third-order valence-corrected chi connectivity index (χ3v) is 6.81. The van der Waals surface area contributed by atoms with Gasteiger partial charge >= 0.3 is 0 Å². The van der Waals surface area contributed by atoms with Crippen molar-refractivity contribution in [2.45, 2.75) is 18.1 Å². The fraction of sp³-hybridized carbons (Fsp3) is 0.333. The number of anilines is 1. The van der Waals surface area contributed by atoms with Crippen molar-refractivity contribution in [3.63, 3.8) is 0 Å². The monoisotopic (exact) mass is 402 g/mol. The topological polar surface area (TPSA) is 49.4 Å². The van der Waals surface area contributed by atoms with E-state index in [1.165, 1.54) is 16.9 Å². The smallest absolute Gasteiger partial charge is 0.250 e. The summed E-state index contributed by atoms with van der Waals surface area (Å²) >= 11 is 4.49. The molecule has 4 nitrogen and oxygen atoms in total. The van der Waals surface area contributed by atoms with Crippen molar-refractivity contribution in [2.24, 2.45) is 0 Å². The van der Waals surface area contributed by atoms with Crippen LogP contribution in [0, 0.1) is 6.92 Å². The van der Waals surface area contributed by atoms with Crippen LogP contribution in [0.2, 0.25) is 0 Å². The number of halogens is 1. The summed E-state index contributed by atoms with van der Waals surface area (Å²) in [5.41, 5.74) is 2.31. The van der Waals surface area contributed by atoms with E-state index in [2.05, 4.69) is 51.5 Å². The predicted molar refractivity (Wildman–Crippen MR) is 96.3 cm³/mol. The van der Waals surface area contributed by atoms with Crippen molar-refractivity contribution in [1.29, 1.82) is 0 Å². The lowest BCUT2D eigenvalue weighted by atomic mass is 10.2. The van der Waals surface area contributed by atoms with Crippen molar-refractivity contribution in [1.82, 2.24) is 4.72 Å². The van der Waals surface area contributed by atoms with E-state index in [4.69, 9.17) is 0 Å². The number of nitrogens with zero attached hydrogens (tertiary/aromatic N) is 1. The molecule has 2 aromatic rings. The molecule has 2 rings (SSSR count). The van der Waals surface area contributed by atoms with Crippen LogP contribution < -0.4 is 9.62 Å². The quantitative estimate of drug-likeness (QED) is 0.768. The molecule has 0 bridgehead atoms. The Labute approximate surface area is 144 Å². The largest absolute Gasteiger partial charge is 0.370 e. The molecule has 0 atom stereocenters. The summed E-state index contributed by atoms with van der Waals surface area (Å²) in [6, 6.07) is 11.6. The molecule has 0 aliphatic rings. The number of thiophene rings is 1. The molecule has 1 heterocycles. The van der Waals surface area contributed by atoms with Crippen molar-refractivity contribution in [2.75, 3.05) is 24.5 Å². The molecule has 0 radical (unpaired) electrons. The molecule has 0 saturated carbocycles. The van der Waals surface area contributed by atoms with E-state index in [0.29, 0.717) is 17.3 Å². The number of rotatable bonds is 7. The second-order valence-corrected chi connectivity index (χ2v) is 9.33. The van der Waals surface area contributed by atoms with Gasteiger partial charge in [-0.25, -0.2) is 13.1 Å². The van der Waals surface area contributed by atoms with Gasteiger partial charge in [0.1, 0.15) is 4.21 Å². The molecule has 0 saturated heterocycles. The Hall–Kier alpha value is -0.890. The molecule has 0 unspecified atom stereocenters. The minimum Gasteiger partial charge on any atom is -0.370 e. The number of nitrogens with one attached hydrogen (secondary N) is 1. The van der Waals surface area contributed by atoms with Crippen molar-refractivity contribution in [3.8, 4) is 0 Å². The highest BCUT2D eigenvalue weighted by Crippen LogP contribution is 2.25. The maximum Gasteiger partial charge on any atom is 0.250 e. The number of sulfonamides is 1. The van der Waals surface area contributed by atoms with Gasteiger partial charge in [0.15, 0.2) is 0 Å². The Bertz CT molecular complexity index is 729. The predicted octanol–water partition coefficient (Wildman–Crippen LogP) is 3.62. The summed E-state index contributed by atoms with van der Waals surface area (Å²) < 4.78 is 28.1. The minimum atomic E-state index is -3.42. The van der Waals surface area contributed by atoms with Gasteiger partial charge in [0, 0.05) is 25.3 Å². The van der Waals surface area contributed by atoms with E-state index in [-0.39, 0.29) is 0 Å². The first-order valence-corrected chi connectivity index (χ1v) is 10.1. The van der Waals surface area contributed by atoms with Gasteiger partial charge in [0.25, 0.3) is 0 Å². The number of hydrogen-bond donors (Lipinski definition) is 1. The molecule has 1 aromatic heterocycles. The molecule has 1 aromatic carbocycles. The van der Waals surface area contributed by atoms with Crippen molar-refractivity contribution in [3.05, 3.63) is 45.7 Å². The molecule has 1 N–H and O–H groups in total. The Kier molecular flexibility index (Phi) is 6.02. The molecular formula is C15H19BrN2O2S2.